The average molecular weight is 268 g/mol. The number of urea groups is 1. The molecular weight excluding hydrogens is 248 g/mol. The van der Waals surface area contributed by atoms with Crippen molar-refractivity contribution in [1.29, 1.82) is 0 Å². The lowest BCUT2D eigenvalue weighted by Crippen LogP contribution is -2.36. The predicted octanol–water partition coefficient (Wildman–Crippen LogP) is 1.55. The zero-order valence-corrected chi connectivity index (χ0v) is 11.5. The minimum atomic E-state index is -0.271. The quantitative estimate of drug-likeness (QED) is 0.821. The first kappa shape index (κ1) is 15.1. The number of aliphatic hydroxyl groups is 1. The van der Waals surface area contributed by atoms with Gasteiger partial charge in [-0.15, -0.1) is 0 Å². The van der Waals surface area contributed by atoms with Crippen LogP contribution in [-0.2, 0) is 0 Å². The Labute approximate surface area is 112 Å². The monoisotopic (exact) mass is 268 g/mol. The molecule has 6 heteroatoms. The molecule has 19 heavy (non-hydrogen) atoms. The van der Waals surface area contributed by atoms with E-state index in [1.54, 1.807) is 32.4 Å². The van der Waals surface area contributed by atoms with E-state index in [9.17, 15) is 4.79 Å². The Hall–Kier alpha value is -1.95. The van der Waals surface area contributed by atoms with Crippen molar-refractivity contribution in [3.05, 3.63) is 18.2 Å². The van der Waals surface area contributed by atoms with Gasteiger partial charge in [-0.2, -0.15) is 0 Å². The number of hydrogen-bond acceptors (Lipinski definition) is 4. The largest absolute Gasteiger partial charge is 0.497 e. The molecule has 2 amide bonds. The van der Waals surface area contributed by atoms with Crippen LogP contribution >= 0.6 is 0 Å². The number of likely N-dealkylation sites (N-methyl/N-ethyl adjacent to an activating group) is 1. The summed E-state index contributed by atoms with van der Waals surface area (Å²) in [6.45, 7) is 2.60. The summed E-state index contributed by atoms with van der Waals surface area (Å²) >= 11 is 0. The van der Waals surface area contributed by atoms with Gasteiger partial charge in [-0.3, -0.25) is 0 Å². The van der Waals surface area contributed by atoms with Crippen LogP contribution in [0.3, 0.4) is 0 Å². The maximum absolute atomic E-state index is 12.0. The number of carbonyl (C=O) groups is 1. The summed E-state index contributed by atoms with van der Waals surface area (Å²) in [7, 11) is 3.09. The van der Waals surface area contributed by atoms with Crippen molar-refractivity contribution in [2.75, 3.05) is 39.2 Å². The van der Waals surface area contributed by atoms with E-state index in [-0.39, 0.29) is 12.6 Å². The predicted molar refractivity (Wildman–Crippen MR) is 72.9 cm³/mol. The summed E-state index contributed by atoms with van der Waals surface area (Å²) in [4.78, 5) is 13.5. The normalized spacial score (nSPS) is 9.89. The molecule has 0 aliphatic heterocycles. The molecular formula is C13H20N2O4. The average Bonchev–Trinajstić information content (AvgIpc) is 2.43. The summed E-state index contributed by atoms with van der Waals surface area (Å²) in [5.74, 6) is 1.19. The van der Waals surface area contributed by atoms with Gasteiger partial charge in [-0.05, 0) is 6.92 Å². The molecule has 0 heterocycles. The molecule has 1 aromatic carbocycles. The maximum atomic E-state index is 12.0. The van der Waals surface area contributed by atoms with E-state index in [4.69, 9.17) is 14.6 Å². The molecule has 0 unspecified atom stereocenters. The highest BCUT2D eigenvalue weighted by molar-refractivity contribution is 5.89. The molecule has 0 atom stereocenters. The first-order chi connectivity index (χ1) is 9.14. The van der Waals surface area contributed by atoms with Crippen molar-refractivity contribution in [2.24, 2.45) is 0 Å². The third-order valence-electron chi connectivity index (χ3n) is 2.64. The van der Waals surface area contributed by atoms with Crippen molar-refractivity contribution in [1.82, 2.24) is 4.90 Å². The first-order valence-corrected chi connectivity index (χ1v) is 6.04. The van der Waals surface area contributed by atoms with Crippen molar-refractivity contribution >= 4 is 11.7 Å². The molecule has 0 spiro atoms. The number of hydrogen-bond donors (Lipinski definition) is 2. The van der Waals surface area contributed by atoms with Crippen molar-refractivity contribution < 1.29 is 19.4 Å². The van der Waals surface area contributed by atoms with Gasteiger partial charge in [0.05, 0.1) is 20.8 Å². The smallest absolute Gasteiger partial charge is 0.321 e. The van der Waals surface area contributed by atoms with Crippen LogP contribution in [0.5, 0.6) is 11.5 Å². The van der Waals surface area contributed by atoms with E-state index < -0.39 is 0 Å². The molecule has 0 aromatic heterocycles. The number of benzene rings is 1. The fourth-order valence-corrected chi connectivity index (χ4v) is 1.61. The van der Waals surface area contributed by atoms with E-state index >= 15 is 0 Å². The minimum absolute atomic E-state index is 0.0668. The van der Waals surface area contributed by atoms with E-state index in [0.29, 0.717) is 30.3 Å². The van der Waals surface area contributed by atoms with Crippen LogP contribution < -0.4 is 14.8 Å². The number of anilines is 1. The van der Waals surface area contributed by atoms with Crippen molar-refractivity contribution in [3.8, 4) is 11.5 Å². The van der Waals surface area contributed by atoms with E-state index in [1.807, 2.05) is 6.92 Å². The second kappa shape index (κ2) is 7.48. The van der Waals surface area contributed by atoms with Gasteiger partial charge in [-0.25, -0.2) is 4.79 Å². The highest BCUT2D eigenvalue weighted by Gasteiger charge is 2.12. The van der Waals surface area contributed by atoms with Gasteiger partial charge >= 0.3 is 6.03 Å². The van der Waals surface area contributed by atoms with Gasteiger partial charge in [0.1, 0.15) is 11.5 Å². The topological polar surface area (TPSA) is 71.0 Å². The molecule has 0 fully saturated rings. The summed E-state index contributed by atoms with van der Waals surface area (Å²) < 4.78 is 10.3. The molecule has 6 nitrogen and oxygen atoms in total. The standard InChI is InChI=1S/C13H20N2O4/c1-4-15(5-6-16)13(17)14-10-7-11(18-2)9-12(8-10)19-3/h7-9,16H,4-6H2,1-3H3,(H,14,17). The van der Waals surface area contributed by atoms with E-state index in [2.05, 4.69) is 5.32 Å². The van der Waals surface area contributed by atoms with Crippen LogP contribution in [-0.4, -0.2) is 50.0 Å². The lowest BCUT2D eigenvalue weighted by molar-refractivity contribution is 0.192. The van der Waals surface area contributed by atoms with E-state index in [1.165, 1.54) is 4.90 Å². The molecule has 2 N–H and O–H groups in total. The second-order valence-electron chi connectivity index (χ2n) is 3.83. The fourth-order valence-electron chi connectivity index (χ4n) is 1.61. The van der Waals surface area contributed by atoms with Gasteiger partial charge in [0.25, 0.3) is 0 Å². The fraction of sp³-hybridized carbons (Fsp3) is 0.462. The molecule has 0 saturated heterocycles. The molecule has 0 aliphatic rings. The first-order valence-electron chi connectivity index (χ1n) is 6.04. The summed E-state index contributed by atoms with van der Waals surface area (Å²) in [6.07, 6.45) is 0. The summed E-state index contributed by atoms with van der Waals surface area (Å²) in [5.41, 5.74) is 0.581. The molecule has 0 saturated carbocycles. The second-order valence-corrected chi connectivity index (χ2v) is 3.83. The lowest BCUT2D eigenvalue weighted by atomic mass is 10.3. The lowest BCUT2D eigenvalue weighted by Gasteiger charge is -2.20. The Balaban J connectivity index is 2.83. The SMILES string of the molecule is CCN(CCO)C(=O)Nc1cc(OC)cc(OC)c1. The molecule has 0 radical (unpaired) electrons. The third-order valence-corrected chi connectivity index (χ3v) is 2.64. The third kappa shape index (κ3) is 4.33. The molecule has 1 aromatic rings. The molecule has 0 aliphatic carbocycles. The summed E-state index contributed by atoms with van der Waals surface area (Å²) in [5, 5.41) is 11.6. The number of carbonyl (C=O) groups excluding carboxylic acids is 1. The zero-order chi connectivity index (χ0) is 14.3. The highest BCUT2D eigenvalue weighted by Crippen LogP contribution is 2.25. The Morgan fingerprint density at radius 3 is 2.26 bits per heavy atom. The Bertz CT molecular complexity index is 401. The number of ether oxygens (including phenoxy) is 2. The van der Waals surface area contributed by atoms with Crippen LogP contribution in [0.25, 0.3) is 0 Å². The summed E-state index contributed by atoms with van der Waals surface area (Å²) in [6, 6.07) is 4.85. The Morgan fingerprint density at radius 1 is 1.26 bits per heavy atom. The van der Waals surface area contributed by atoms with Gasteiger partial charge in [-0.1, -0.05) is 0 Å². The van der Waals surface area contributed by atoms with Crippen LogP contribution in [0, 0.1) is 0 Å². The number of methoxy groups -OCH3 is 2. The van der Waals surface area contributed by atoms with Gasteiger partial charge in [0.15, 0.2) is 0 Å². The molecule has 1 rings (SSSR count). The van der Waals surface area contributed by atoms with Gasteiger partial charge in [0.2, 0.25) is 0 Å². The molecule has 0 bridgehead atoms. The number of aliphatic hydroxyl groups excluding tert-OH is 1. The number of amides is 2. The maximum Gasteiger partial charge on any atom is 0.321 e. The van der Waals surface area contributed by atoms with Crippen molar-refractivity contribution in [3.63, 3.8) is 0 Å². The van der Waals surface area contributed by atoms with Crippen LogP contribution in [0.4, 0.5) is 10.5 Å². The molecule has 106 valence electrons. The van der Waals surface area contributed by atoms with Crippen molar-refractivity contribution in [2.45, 2.75) is 6.92 Å². The van der Waals surface area contributed by atoms with Gasteiger partial charge < -0.3 is 24.8 Å². The zero-order valence-electron chi connectivity index (χ0n) is 11.5. The van der Waals surface area contributed by atoms with Crippen LogP contribution in [0.1, 0.15) is 6.92 Å². The highest BCUT2D eigenvalue weighted by atomic mass is 16.5. The van der Waals surface area contributed by atoms with Gasteiger partial charge in [0, 0.05) is 37.0 Å². The van der Waals surface area contributed by atoms with Crippen LogP contribution in [0.2, 0.25) is 0 Å². The van der Waals surface area contributed by atoms with Crippen LogP contribution in [0.15, 0.2) is 18.2 Å². The number of nitrogens with one attached hydrogen (secondary N) is 1. The number of nitrogens with zero attached hydrogens (tertiary/aromatic N) is 1. The van der Waals surface area contributed by atoms with E-state index in [0.717, 1.165) is 0 Å². The number of rotatable bonds is 6. The Morgan fingerprint density at radius 2 is 1.84 bits per heavy atom. The minimum Gasteiger partial charge on any atom is -0.497 e. The Kier molecular flexibility index (Phi) is 5.95.